The van der Waals surface area contributed by atoms with Crippen LogP contribution in [0.4, 0.5) is 4.79 Å². The van der Waals surface area contributed by atoms with Gasteiger partial charge in [0.1, 0.15) is 6.54 Å². The van der Waals surface area contributed by atoms with Crippen LogP contribution in [0.25, 0.3) is 0 Å². The molecule has 2 atom stereocenters. The number of amides is 3. The van der Waals surface area contributed by atoms with Crippen molar-refractivity contribution in [3.8, 4) is 0 Å². The second-order valence-electron chi connectivity index (χ2n) is 4.21. The van der Waals surface area contributed by atoms with E-state index >= 15 is 0 Å². The zero-order valence-electron chi connectivity index (χ0n) is 7.96. The Kier molecular flexibility index (Phi) is 1.62. The predicted octanol–water partition coefficient (Wildman–Crippen LogP) is 0.727. The van der Waals surface area contributed by atoms with Crippen molar-refractivity contribution >= 4 is 11.9 Å². The fraction of sp³-hybridized carbons (Fsp3) is 0.778. The lowest BCUT2D eigenvalue weighted by Gasteiger charge is -2.16. The van der Waals surface area contributed by atoms with E-state index in [1.54, 1.807) is 4.90 Å². The van der Waals surface area contributed by atoms with Gasteiger partial charge in [-0.15, -0.1) is 0 Å². The largest absolute Gasteiger partial charge is 0.324 e. The van der Waals surface area contributed by atoms with Crippen LogP contribution < -0.4 is 5.32 Å². The minimum absolute atomic E-state index is 0.171. The van der Waals surface area contributed by atoms with E-state index in [4.69, 9.17) is 0 Å². The van der Waals surface area contributed by atoms with E-state index in [1.165, 1.54) is 0 Å². The molecule has 1 heterocycles. The molecule has 2 rings (SSSR count). The average Bonchev–Trinajstić information content (AvgIpc) is 2.63. The van der Waals surface area contributed by atoms with Gasteiger partial charge in [0, 0.05) is 6.04 Å². The maximum Gasteiger partial charge on any atom is 0.324 e. The van der Waals surface area contributed by atoms with Crippen LogP contribution in [0.5, 0.6) is 0 Å². The first kappa shape index (κ1) is 8.53. The summed E-state index contributed by atoms with van der Waals surface area (Å²) in [4.78, 5) is 23.8. The normalized spacial score (nSPS) is 38.0. The van der Waals surface area contributed by atoms with Gasteiger partial charge in [-0.3, -0.25) is 10.1 Å². The van der Waals surface area contributed by atoms with Gasteiger partial charge in [0.15, 0.2) is 0 Å². The molecule has 4 nitrogen and oxygen atoms in total. The van der Waals surface area contributed by atoms with Crippen LogP contribution in [-0.4, -0.2) is 29.4 Å². The molecule has 2 unspecified atom stereocenters. The van der Waals surface area contributed by atoms with E-state index in [2.05, 4.69) is 19.2 Å². The molecule has 72 valence electrons. The van der Waals surface area contributed by atoms with Crippen molar-refractivity contribution in [3.63, 3.8) is 0 Å². The number of hydrogen-bond donors (Lipinski definition) is 1. The quantitative estimate of drug-likeness (QED) is 0.640. The van der Waals surface area contributed by atoms with Crippen molar-refractivity contribution in [1.82, 2.24) is 10.2 Å². The molecule has 0 aromatic heterocycles. The lowest BCUT2D eigenvalue weighted by atomic mass is 10.1. The predicted molar refractivity (Wildman–Crippen MR) is 47.0 cm³/mol. The zero-order valence-corrected chi connectivity index (χ0v) is 7.96. The number of hydrogen-bond acceptors (Lipinski definition) is 2. The van der Waals surface area contributed by atoms with Crippen molar-refractivity contribution in [2.24, 2.45) is 5.41 Å². The van der Waals surface area contributed by atoms with Gasteiger partial charge in [-0.25, -0.2) is 4.79 Å². The van der Waals surface area contributed by atoms with Crippen molar-refractivity contribution in [2.45, 2.75) is 32.7 Å². The first-order valence-electron chi connectivity index (χ1n) is 4.67. The van der Waals surface area contributed by atoms with E-state index in [0.717, 1.165) is 12.8 Å². The fourth-order valence-corrected chi connectivity index (χ4v) is 1.96. The zero-order chi connectivity index (χ0) is 9.64. The van der Waals surface area contributed by atoms with Crippen molar-refractivity contribution in [3.05, 3.63) is 0 Å². The highest BCUT2D eigenvalue weighted by Crippen LogP contribution is 2.51. The minimum atomic E-state index is -0.216. The molecule has 13 heavy (non-hydrogen) atoms. The summed E-state index contributed by atoms with van der Waals surface area (Å²) < 4.78 is 0. The van der Waals surface area contributed by atoms with Crippen LogP contribution >= 0.6 is 0 Å². The van der Waals surface area contributed by atoms with Crippen molar-refractivity contribution in [1.29, 1.82) is 0 Å². The average molecular weight is 182 g/mol. The molecule has 1 saturated heterocycles. The van der Waals surface area contributed by atoms with Gasteiger partial charge < -0.3 is 4.90 Å². The molecule has 0 radical (unpaired) electrons. The molecule has 3 amide bonds. The second-order valence-corrected chi connectivity index (χ2v) is 4.21. The lowest BCUT2D eigenvalue weighted by Crippen LogP contribution is -2.32. The van der Waals surface area contributed by atoms with Gasteiger partial charge in [-0.05, 0) is 18.3 Å². The number of nitrogens with zero attached hydrogens (tertiary/aromatic N) is 1. The Balaban J connectivity index is 2.05. The Morgan fingerprint density at radius 2 is 2.31 bits per heavy atom. The summed E-state index contributed by atoms with van der Waals surface area (Å²) in [5.41, 5.74) is 0.252. The summed E-state index contributed by atoms with van der Waals surface area (Å²) in [6.07, 6.45) is 2.10. The number of rotatable bonds is 2. The third-order valence-corrected chi connectivity index (χ3v) is 3.31. The van der Waals surface area contributed by atoms with Gasteiger partial charge in [0.2, 0.25) is 5.91 Å². The monoisotopic (exact) mass is 182 g/mol. The maximum absolute atomic E-state index is 11.3. The molecular formula is C9H14N2O2. The Morgan fingerprint density at radius 1 is 1.62 bits per heavy atom. The summed E-state index contributed by atoms with van der Waals surface area (Å²) >= 11 is 0. The minimum Gasteiger partial charge on any atom is -0.312 e. The smallest absolute Gasteiger partial charge is 0.312 e. The molecule has 1 N–H and O–H groups in total. The summed E-state index contributed by atoms with van der Waals surface area (Å²) in [5.74, 6) is -0.171. The number of urea groups is 1. The molecule has 0 aromatic rings. The molecule has 4 heteroatoms. The number of imide groups is 1. The van der Waals surface area contributed by atoms with E-state index in [9.17, 15) is 9.59 Å². The Labute approximate surface area is 77.3 Å². The third kappa shape index (κ3) is 1.20. The molecule has 2 aliphatic rings. The second kappa shape index (κ2) is 2.47. The van der Waals surface area contributed by atoms with Gasteiger partial charge in [-0.2, -0.15) is 0 Å². The van der Waals surface area contributed by atoms with Crippen LogP contribution in [0.2, 0.25) is 0 Å². The van der Waals surface area contributed by atoms with Crippen LogP contribution in [0.1, 0.15) is 26.7 Å². The first-order valence-corrected chi connectivity index (χ1v) is 4.67. The molecule has 2 fully saturated rings. The molecule has 1 aliphatic carbocycles. The summed E-state index contributed by atoms with van der Waals surface area (Å²) in [6, 6.07) is 0.0659. The van der Waals surface area contributed by atoms with E-state index in [-0.39, 0.29) is 29.9 Å². The Hall–Kier alpha value is -1.06. The van der Waals surface area contributed by atoms with Gasteiger partial charge in [-0.1, -0.05) is 13.8 Å². The van der Waals surface area contributed by atoms with Crippen molar-refractivity contribution in [2.75, 3.05) is 6.54 Å². The highest BCUT2D eigenvalue weighted by molar-refractivity contribution is 6.02. The number of carbonyl (C=O) groups is 2. The van der Waals surface area contributed by atoms with Crippen LogP contribution in [0.3, 0.4) is 0 Å². The van der Waals surface area contributed by atoms with E-state index < -0.39 is 0 Å². The van der Waals surface area contributed by atoms with E-state index in [0.29, 0.717) is 0 Å². The molecule has 0 bridgehead atoms. The lowest BCUT2D eigenvalue weighted by molar-refractivity contribution is -0.118. The molecule has 1 saturated carbocycles. The SMILES string of the molecule is CCC1(C)CC1N1CC(=O)NC1=O. The van der Waals surface area contributed by atoms with Crippen LogP contribution in [-0.2, 0) is 4.79 Å². The van der Waals surface area contributed by atoms with Gasteiger partial charge in [0.25, 0.3) is 0 Å². The highest BCUT2D eigenvalue weighted by Gasteiger charge is 2.55. The highest BCUT2D eigenvalue weighted by atomic mass is 16.2. The molecule has 1 aliphatic heterocycles. The Bertz CT molecular complexity index is 277. The summed E-state index contributed by atoms with van der Waals surface area (Å²) in [7, 11) is 0. The van der Waals surface area contributed by atoms with E-state index in [1.807, 2.05) is 0 Å². The van der Waals surface area contributed by atoms with Crippen molar-refractivity contribution < 1.29 is 9.59 Å². The fourth-order valence-electron chi connectivity index (χ4n) is 1.96. The van der Waals surface area contributed by atoms with Crippen LogP contribution in [0.15, 0.2) is 0 Å². The van der Waals surface area contributed by atoms with Crippen LogP contribution in [0, 0.1) is 5.41 Å². The first-order chi connectivity index (χ1) is 6.07. The molecule has 0 spiro atoms. The topological polar surface area (TPSA) is 49.4 Å². The maximum atomic E-state index is 11.3. The number of nitrogens with one attached hydrogen (secondary N) is 1. The Morgan fingerprint density at radius 3 is 2.69 bits per heavy atom. The molecule has 0 aromatic carbocycles. The number of carbonyl (C=O) groups excluding carboxylic acids is 2. The third-order valence-electron chi connectivity index (χ3n) is 3.31. The molecular weight excluding hydrogens is 168 g/mol. The van der Waals surface area contributed by atoms with Gasteiger partial charge in [0.05, 0.1) is 0 Å². The van der Waals surface area contributed by atoms with Gasteiger partial charge >= 0.3 is 6.03 Å². The summed E-state index contributed by atoms with van der Waals surface area (Å²) in [5, 5.41) is 2.30. The standard InChI is InChI=1S/C9H14N2O2/c1-3-9(2)4-6(9)11-5-7(12)10-8(11)13/h6H,3-5H2,1-2H3,(H,10,12,13). The summed E-state index contributed by atoms with van der Waals surface area (Å²) in [6.45, 7) is 4.53.